The maximum absolute atomic E-state index is 11.6. The van der Waals surface area contributed by atoms with E-state index >= 15 is 0 Å². The predicted octanol–water partition coefficient (Wildman–Crippen LogP) is 1.11. The molecule has 5 nitrogen and oxygen atoms in total. The molecule has 3 rings (SSSR count). The molecule has 2 saturated heterocycles. The Labute approximate surface area is 139 Å². The number of para-hydroxylation sites is 1. The standard InChI is InChI=1S/C17H27N3O2S/c1-2-19-8-10-20(11-9-19)17-6-4-3-5-15(17)13-18-16-7-12-23(21,22)14-16/h3-6,16,18H,2,7-14H2,1H3/t16-/m1/s1. The molecule has 1 aromatic rings. The van der Waals surface area contributed by atoms with Gasteiger partial charge in [0.15, 0.2) is 9.84 Å². The van der Waals surface area contributed by atoms with Crippen LogP contribution in [-0.2, 0) is 16.4 Å². The Morgan fingerprint density at radius 1 is 1.17 bits per heavy atom. The summed E-state index contributed by atoms with van der Waals surface area (Å²) in [6.45, 7) is 8.41. The normalized spacial score (nSPS) is 24.9. The summed E-state index contributed by atoms with van der Waals surface area (Å²) >= 11 is 0. The molecule has 0 unspecified atom stereocenters. The summed E-state index contributed by atoms with van der Waals surface area (Å²) in [6.07, 6.45) is 0.736. The lowest BCUT2D eigenvalue weighted by Gasteiger charge is -2.36. The number of nitrogens with one attached hydrogen (secondary N) is 1. The van der Waals surface area contributed by atoms with Crippen LogP contribution in [-0.4, -0.2) is 63.6 Å². The van der Waals surface area contributed by atoms with Crippen LogP contribution in [0.15, 0.2) is 24.3 Å². The first-order chi connectivity index (χ1) is 11.1. The van der Waals surface area contributed by atoms with Crippen molar-refractivity contribution in [1.82, 2.24) is 10.2 Å². The van der Waals surface area contributed by atoms with Gasteiger partial charge in [-0.25, -0.2) is 8.42 Å². The van der Waals surface area contributed by atoms with E-state index in [2.05, 4.69) is 46.3 Å². The van der Waals surface area contributed by atoms with Gasteiger partial charge in [0, 0.05) is 44.5 Å². The van der Waals surface area contributed by atoms with Gasteiger partial charge in [-0.15, -0.1) is 0 Å². The number of benzene rings is 1. The van der Waals surface area contributed by atoms with E-state index in [9.17, 15) is 8.42 Å². The Hall–Kier alpha value is -1.11. The zero-order chi connectivity index (χ0) is 16.3. The zero-order valence-electron chi connectivity index (χ0n) is 13.9. The first-order valence-electron chi connectivity index (χ1n) is 8.56. The second-order valence-corrected chi connectivity index (χ2v) is 8.76. The maximum atomic E-state index is 11.6. The number of piperazine rings is 1. The number of hydrogen-bond donors (Lipinski definition) is 1. The summed E-state index contributed by atoms with van der Waals surface area (Å²) in [5, 5.41) is 3.44. The van der Waals surface area contributed by atoms with Crippen molar-refractivity contribution in [2.45, 2.75) is 25.9 Å². The second-order valence-electron chi connectivity index (χ2n) is 6.53. The third kappa shape index (κ3) is 4.25. The second kappa shape index (κ2) is 7.20. The van der Waals surface area contributed by atoms with E-state index in [0.29, 0.717) is 5.75 Å². The van der Waals surface area contributed by atoms with Crippen molar-refractivity contribution in [3.63, 3.8) is 0 Å². The van der Waals surface area contributed by atoms with Gasteiger partial charge >= 0.3 is 0 Å². The molecule has 0 aromatic heterocycles. The molecule has 1 atom stereocenters. The third-order valence-electron chi connectivity index (χ3n) is 4.97. The Morgan fingerprint density at radius 2 is 1.91 bits per heavy atom. The Kier molecular flexibility index (Phi) is 5.24. The van der Waals surface area contributed by atoms with Crippen LogP contribution in [0.2, 0.25) is 0 Å². The zero-order valence-corrected chi connectivity index (χ0v) is 14.7. The van der Waals surface area contributed by atoms with Crippen LogP contribution in [0.5, 0.6) is 0 Å². The van der Waals surface area contributed by atoms with Crippen LogP contribution in [0.4, 0.5) is 5.69 Å². The van der Waals surface area contributed by atoms with Gasteiger partial charge in [-0.2, -0.15) is 0 Å². The highest BCUT2D eigenvalue weighted by atomic mass is 32.2. The smallest absolute Gasteiger partial charge is 0.151 e. The molecule has 0 bridgehead atoms. The predicted molar refractivity (Wildman–Crippen MR) is 94.7 cm³/mol. The monoisotopic (exact) mass is 337 g/mol. The molecule has 0 spiro atoms. The van der Waals surface area contributed by atoms with E-state index in [4.69, 9.17) is 0 Å². The van der Waals surface area contributed by atoms with Gasteiger partial charge in [-0.05, 0) is 24.6 Å². The molecule has 2 heterocycles. The molecule has 1 N–H and O–H groups in total. The van der Waals surface area contributed by atoms with Crippen molar-refractivity contribution in [2.24, 2.45) is 0 Å². The first-order valence-corrected chi connectivity index (χ1v) is 10.4. The van der Waals surface area contributed by atoms with E-state index in [1.807, 2.05) is 0 Å². The molecule has 2 aliphatic rings. The molecular weight excluding hydrogens is 310 g/mol. The van der Waals surface area contributed by atoms with Crippen LogP contribution in [0.3, 0.4) is 0 Å². The lowest BCUT2D eigenvalue weighted by Crippen LogP contribution is -2.46. The molecule has 6 heteroatoms. The molecule has 0 radical (unpaired) electrons. The molecular formula is C17H27N3O2S. The molecule has 2 fully saturated rings. The summed E-state index contributed by atoms with van der Waals surface area (Å²) in [5.74, 6) is 0.607. The summed E-state index contributed by atoms with van der Waals surface area (Å²) in [6, 6.07) is 8.59. The largest absolute Gasteiger partial charge is 0.369 e. The van der Waals surface area contributed by atoms with Gasteiger partial charge in [0.1, 0.15) is 0 Å². The molecule has 23 heavy (non-hydrogen) atoms. The summed E-state index contributed by atoms with van der Waals surface area (Å²) in [7, 11) is -2.82. The van der Waals surface area contributed by atoms with E-state index in [0.717, 1.165) is 45.7 Å². The minimum atomic E-state index is -2.82. The van der Waals surface area contributed by atoms with Crippen LogP contribution in [0.25, 0.3) is 0 Å². The fourth-order valence-corrected chi connectivity index (χ4v) is 5.19. The average Bonchev–Trinajstić information content (AvgIpc) is 2.92. The molecule has 0 saturated carbocycles. The number of likely N-dealkylation sites (N-methyl/N-ethyl adjacent to an activating group) is 1. The fraction of sp³-hybridized carbons (Fsp3) is 0.647. The lowest BCUT2D eigenvalue weighted by molar-refractivity contribution is 0.271. The van der Waals surface area contributed by atoms with E-state index in [1.165, 1.54) is 11.3 Å². The van der Waals surface area contributed by atoms with Crippen LogP contribution < -0.4 is 10.2 Å². The van der Waals surface area contributed by atoms with Crippen LogP contribution in [0.1, 0.15) is 18.9 Å². The van der Waals surface area contributed by atoms with Crippen molar-refractivity contribution in [2.75, 3.05) is 49.1 Å². The van der Waals surface area contributed by atoms with Gasteiger partial charge in [0.05, 0.1) is 11.5 Å². The van der Waals surface area contributed by atoms with Crippen LogP contribution in [0, 0.1) is 0 Å². The highest BCUT2D eigenvalue weighted by Crippen LogP contribution is 2.22. The van der Waals surface area contributed by atoms with E-state index in [-0.39, 0.29) is 11.8 Å². The van der Waals surface area contributed by atoms with Crippen molar-refractivity contribution in [3.05, 3.63) is 29.8 Å². The van der Waals surface area contributed by atoms with E-state index in [1.54, 1.807) is 0 Å². The Bertz CT molecular complexity index is 624. The molecule has 128 valence electrons. The van der Waals surface area contributed by atoms with Gasteiger partial charge in [-0.1, -0.05) is 25.1 Å². The highest BCUT2D eigenvalue weighted by molar-refractivity contribution is 7.91. The van der Waals surface area contributed by atoms with Crippen molar-refractivity contribution < 1.29 is 8.42 Å². The van der Waals surface area contributed by atoms with Gasteiger partial charge < -0.3 is 15.1 Å². The SMILES string of the molecule is CCN1CCN(c2ccccc2CN[C@@H]2CCS(=O)(=O)C2)CC1. The summed E-state index contributed by atoms with van der Waals surface area (Å²) in [5.41, 5.74) is 2.55. The lowest BCUT2D eigenvalue weighted by atomic mass is 10.1. The number of hydrogen-bond acceptors (Lipinski definition) is 5. The van der Waals surface area contributed by atoms with Crippen molar-refractivity contribution >= 4 is 15.5 Å². The quantitative estimate of drug-likeness (QED) is 0.872. The number of sulfone groups is 1. The van der Waals surface area contributed by atoms with Crippen molar-refractivity contribution in [1.29, 1.82) is 0 Å². The Balaban J connectivity index is 1.62. The molecule has 0 amide bonds. The van der Waals surface area contributed by atoms with Crippen LogP contribution >= 0.6 is 0 Å². The topological polar surface area (TPSA) is 52.6 Å². The summed E-state index contributed by atoms with van der Waals surface area (Å²) in [4.78, 5) is 4.93. The maximum Gasteiger partial charge on any atom is 0.151 e. The number of nitrogens with zero attached hydrogens (tertiary/aromatic N) is 2. The third-order valence-corrected chi connectivity index (χ3v) is 6.73. The Morgan fingerprint density at radius 3 is 2.57 bits per heavy atom. The average molecular weight is 337 g/mol. The van der Waals surface area contributed by atoms with Crippen molar-refractivity contribution in [3.8, 4) is 0 Å². The first kappa shape index (κ1) is 16.7. The highest BCUT2D eigenvalue weighted by Gasteiger charge is 2.27. The molecule has 1 aromatic carbocycles. The number of rotatable bonds is 5. The summed E-state index contributed by atoms with van der Waals surface area (Å²) < 4.78 is 23.1. The molecule has 0 aliphatic carbocycles. The van der Waals surface area contributed by atoms with Gasteiger partial charge in [0.2, 0.25) is 0 Å². The van der Waals surface area contributed by atoms with Gasteiger partial charge in [-0.3, -0.25) is 0 Å². The number of anilines is 1. The fourth-order valence-electron chi connectivity index (χ4n) is 3.48. The minimum absolute atomic E-state index is 0.102. The van der Waals surface area contributed by atoms with E-state index < -0.39 is 9.84 Å². The minimum Gasteiger partial charge on any atom is -0.369 e. The molecule has 2 aliphatic heterocycles. The van der Waals surface area contributed by atoms with Gasteiger partial charge in [0.25, 0.3) is 0 Å².